The number of allylic oxidation sites excluding steroid dienone is 3. The van der Waals surface area contributed by atoms with Crippen molar-refractivity contribution in [3.63, 3.8) is 0 Å². The Kier molecular flexibility index (Phi) is 18.7. The first-order chi connectivity index (χ1) is 30.5. The lowest BCUT2D eigenvalue weighted by molar-refractivity contribution is -0.302. The molecule has 3 aliphatic heterocycles. The van der Waals surface area contributed by atoms with Crippen LogP contribution >= 0.6 is 0 Å². The van der Waals surface area contributed by atoms with Crippen LogP contribution in [0.4, 0.5) is 0 Å². The van der Waals surface area contributed by atoms with Crippen LogP contribution in [0, 0.1) is 29.6 Å². The standard InChI is InChI=1S/C52H77NO11/c1-10-40-28-33(2)27-34(3)29-43(60-7)47-44(61-8)31-37(6)52(59,64-47)48(55)49(56)53-26-15-14-20-41(53)50(57)63-46(35(4)21-22-42(40)54)36(5)30-39-23-25-51(58,45(32-39)62-9)24-16-19-38-17-12-11-13-18-38/h11-13,16-19,28,30,34-35,37,39-41,43-47,58-59H,10,14-15,20-27,29,31-32H2,1-9H3. The molecule has 2 saturated heterocycles. The molecule has 1 aliphatic carbocycles. The number of fused-ring (bicyclic) bond motifs is 3. The summed E-state index contributed by atoms with van der Waals surface area (Å²) >= 11 is 0. The Hall–Kier alpha value is -3.52. The molecule has 0 spiro atoms. The summed E-state index contributed by atoms with van der Waals surface area (Å²) in [7, 11) is 4.73. The van der Waals surface area contributed by atoms with Crippen LogP contribution < -0.4 is 0 Å². The summed E-state index contributed by atoms with van der Waals surface area (Å²) in [5, 5.41) is 23.9. The number of carbonyl (C=O) groups excluding carboxylic acids is 4. The molecule has 1 saturated carbocycles. The molecule has 5 rings (SSSR count). The summed E-state index contributed by atoms with van der Waals surface area (Å²) in [6.45, 7) is 11.9. The smallest absolute Gasteiger partial charge is 0.329 e. The van der Waals surface area contributed by atoms with Crippen LogP contribution in [0.25, 0.3) is 6.08 Å². The largest absolute Gasteiger partial charge is 0.456 e. The highest BCUT2D eigenvalue weighted by Crippen LogP contribution is 2.41. The topological polar surface area (TPSA) is 158 Å². The molecule has 12 nitrogen and oxygen atoms in total. The predicted octanol–water partition coefficient (Wildman–Crippen LogP) is 7.98. The number of piperidine rings is 1. The predicted molar refractivity (Wildman–Crippen MR) is 246 cm³/mol. The molecule has 2 N–H and O–H groups in total. The Morgan fingerprint density at radius 2 is 1.62 bits per heavy atom. The first-order valence-electron chi connectivity index (χ1n) is 23.8. The van der Waals surface area contributed by atoms with Gasteiger partial charge in [-0.25, -0.2) is 4.79 Å². The summed E-state index contributed by atoms with van der Waals surface area (Å²) in [4.78, 5) is 58.3. The Bertz CT molecular complexity index is 1830. The first kappa shape index (κ1) is 51.5. The van der Waals surface area contributed by atoms with Crippen molar-refractivity contribution in [3.05, 3.63) is 65.3 Å². The van der Waals surface area contributed by atoms with Gasteiger partial charge in [0.2, 0.25) is 5.79 Å². The Balaban J connectivity index is 1.45. The van der Waals surface area contributed by atoms with Crippen LogP contribution in [0.1, 0.15) is 131 Å². The summed E-state index contributed by atoms with van der Waals surface area (Å²) < 4.78 is 30.5. The lowest BCUT2D eigenvalue weighted by Gasteiger charge is -2.47. The quantitative estimate of drug-likeness (QED) is 0.141. The lowest BCUT2D eigenvalue weighted by atomic mass is 9.74. The Labute approximate surface area is 382 Å². The number of nitrogens with zero attached hydrogens (tertiary/aromatic N) is 1. The minimum absolute atomic E-state index is 0.0174. The zero-order valence-electron chi connectivity index (χ0n) is 40.0. The van der Waals surface area contributed by atoms with Gasteiger partial charge in [0, 0.05) is 46.1 Å². The van der Waals surface area contributed by atoms with Crippen LogP contribution in [0.15, 0.2) is 59.7 Å². The van der Waals surface area contributed by atoms with E-state index in [1.54, 1.807) is 28.3 Å². The van der Waals surface area contributed by atoms with Gasteiger partial charge >= 0.3 is 5.97 Å². The highest BCUT2D eigenvalue weighted by atomic mass is 16.7. The van der Waals surface area contributed by atoms with Crippen LogP contribution in [-0.2, 0) is 42.9 Å². The number of ketones is 2. The number of amides is 1. The molecular weight excluding hydrogens is 815 g/mol. The second-order valence-electron chi connectivity index (χ2n) is 19.5. The molecule has 64 heavy (non-hydrogen) atoms. The van der Waals surface area contributed by atoms with Gasteiger partial charge in [-0.15, -0.1) is 0 Å². The second-order valence-corrected chi connectivity index (χ2v) is 19.5. The number of hydrogen-bond acceptors (Lipinski definition) is 11. The van der Waals surface area contributed by atoms with Crippen molar-refractivity contribution in [2.24, 2.45) is 29.6 Å². The van der Waals surface area contributed by atoms with Gasteiger partial charge in [-0.1, -0.05) is 87.9 Å². The van der Waals surface area contributed by atoms with Crippen LogP contribution in [-0.4, -0.2) is 114 Å². The maximum Gasteiger partial charge on any atom is 0.329 e. The number of ether oxygens (including phenoxy) is 5. The Morgan fingerprint density at radius 1 is 0.922 bits per heavy atom. The molecule has 13 unspecified atom stereocenters. The number of methoxy groups -OCH3 is 3. The van der Waals surface area contributed by atoms with Gasteiger partial charge in [-0.2, -0.15) is 0 Å². The number of cyclic esters (lactones) is 1. The molecule has 3 heterocycles. The van der Waals surface area contributed by atoms with E-state index in [2.05, 4.69) is 19.1 Å². The molecule has 1 amide bonds. The van der Waals surface area contributed by atoms with E-state index < -0.39 is 71.5 Å². The number of hydrogen-bond donors (Lipinski definition) is 2. The molecule has 12 heteroatoms. The van der Waals surface area contributed by atoms with Crippen LogP contribution in [0.5, 0.6) is 0 Å². The monoisotopic (exact) mass is 892 g/mol. The Morgan fingerprint density at radius 3 is 2.30 bits per heavy atom. The van der Waals surface area contributed by atoms with E-state index in [1.165, 1.54) is 4.90 Å². The van der Waals surface area contributed by atoms with E-state index in [0.717, 1.165) is 16.7 Å². The minimum atomic E-state index is -2.48. The van der Waals surface area contributed by atoms with E-state index in [4.69, 9.17) is 23.7 Å². The molecule has 3 fully saturated rings. The highest BCUT2D eigenvalue weighted by molar-refractivity contribution is 6.39. The third-order valence-electron chi connectivity index (χ3n) is 14.6. The van der Waals surface area contributed by atoms with Gasteiger partial charge in [-0.3, -0.25) is 14.4 Å². The van der Waals surface area contributed by atoms with Gasteiger partial charge < -0.3 is 38.8 Å². The number of rotatable bonds is 9. The summed E-state index contributed by atoms with van der Waals surface area (Å²) in [6, 6.07) is 8.90. The van der Waals surface area contributed by atoms with Crippen LogP contribution in [0.2, 0.25) is 0 Å². The van der Waals surface area contributed by atoms with Gasteiger partial charge in [0.25, 0.3) is 11.7 Å². The van der Waals surface area contributed by atoms with E-state index in [-0.39, 0.29) is 48.8 Å². The SMILES string of the molecule is CCC1C=C(C)CC(C)CC(OC)C2OC(O)(C(=O)C(=O)N3CCCCC3C(=O)OC(C(C)=CC3CCC(O)(CC=Cc4ccccc4)C(OC)C3)C(C)CCC1=O)C(C)CC2OC. The molecule has 4 aliphatic rings. The molecule has 1 aromatic rings. The maximum absolute atomic E-state index is 14.5. The first-order valence-corrected chi connectivity index (χ1v) is 23.8. The van der Waals surface area contributed by atoms with Crippen molar-refractivity contribution in [1.29, 1.82) is 0 Å². The van der Waals surface area contributed by atoms with Crippen molar-refractivity contribution in [2.75, 3.05) is 27.9 Å². The number of carbonyl (C=O) groups is 4. The van der Waals surface area contributed by atoms with E-state index >= 15 is 0 Å². The van der Waals surface area contributed by atoms with E-state index in [9.17, 15) is 29.4 Å². The normalized spacial score (nSPS) is 37.1. The van der Waals surface area contributed by atoms with Gasteiger partial charge in [-0.05, 0) is 120 Å². The van der Waals surface area contributed by atoms with E-state index in [1.807, 2.05) is 70.2 Å². The summed E-state index contributed by atoms with van der Waals surface area (Å²) in [5.41, 5.74) is 1.90. The zero-order chi connectivity index (χ0) is 46.8. The number of Topliss-reactive ketones (excluding diaryl/α,β-unsaturated/α-hetero) is 2. The number of esters is 1. The molecule has 1 aromatic carbocycles. The fourth-order valence-corrected chi connectivity index (χ4v) is 10.7. The third kappa shape index (κ3) is 12.5. The van der Waals surface area contributed by atoms with Crippen molar-refractivity contribution >= 4 is 29.5 Å². The molecule has 356 valence electrons. The van der Waals surface area contributed by atoms with Gasteiger partial charge in [0.15, 0.2) is 0 Å². The average molecular weight is 892 g/mol. The number of aliphatic hydroxyl groups is 2. The van der Waals surface area contributed by atoms with Crippen molar-refractivity contribution in [2.45, 2.75) is 173 Å². The molecular formula is C52H77NO11. The zero-order valence-corrected chi connectivity index (χ0v) is 40.0. The average Bonchev–Trinajstić information content (AvgIpc) is 3.29. The van der Waals surface area contributed by atoms with Crippen molar-refractivity contribution in [1.82, 2.24) is 4.90 Å². The molecule has 0 aromatic heterocycles. The second kappa shape index (κ2) is 23.3. The van der Waals surface area contributed by atoms with Crippen molar-refractivity contribution < 1.29 is 53.1 Å². The number of benzene rings is 1. The minimum Gasteiger partial charge on any atom is -0.456 e. The van der Waals surface area contributed by atoms with E-state index in [0.29, 0.717) is 70.6 Å². The summed E-state index contributed by atoms with van der Waals surface area (Å²) in [5.74, 6) is -6.37. The van der Waals surface area contributed by atoms with Gasteiger partial charge in [0.05, 0.1) is 23.9 Å². The van der Waals surface area contributed by atoms with Crippen molar-refractivity contribution in [3.8, 4) is 0 Å². The van der Waals surface area contributed by atoms with Crippen LogP contribution in [0.3, 0.4) is 0 Å². The molecule has 13 atom stereocenters. The molecule has 0 radical (unpaired) electrons. The molecule has 2 bridgehead atoms. The maximum atomic E-state index is 14.5. The van der Waals surface area contributed by atoms with Gasteiger partial charge in [0.1, 0.15) is 24.0 Å². The fraction of sp³-hybridized carbons (Fsp3) is 0.692. The lowest BCUT2D eigenvalue weighted by Crippen LogP contribution is -2.64. The fourth-order valence-electron chi connectivity index (χ4n) is 10.7. The highest BCUT2D eigenvalue weighted by Gasteiger charge is 2.56. The summed E-state index contributed by atoms with van der Waals surface area (Å²) in [6.07, 6.45) is 11.6. The third-order valence-corrected chi connectivity index (χ3v) is 14.6.